The van der Waals surface area contributed by atoms with Crippen LogP contribution in [0.15, 0.2) is 42.5 Å². The van der Waals surface area contributed by atoms with Crippen molar-refractivity contribution in [1.82, 2.24) is 0 Å². The van der Waals surface area contributed by atoms with Crippen LogP contribution in [-0.4, -0.2) is 5.11 Å². The van der Waals surface area contributed by atoms with Gasteiger partial charge in [0.05, 0.1) is 5.69 Å². The number of rotatable bonds is 3. The molecule has 2 aromatic carbocycles. The molecule has 0 unspecified atom stereocenters. The van der Waals surface area contributed by atoms with Crippen LogP contribution < -0.4 is 10.6 Å². The molecular weight excluding hydrogens is 271 g/mol. The number of para-hydroxylation sites is 1. The van der Waals surface area contributed by atoms with Crippen LogP contribution in [0.4, 0.5) is 15.8 Å². The van der Waals surface area contributed by atoms with Crippen molar-refractivity contribution >= 4 is 28.7 Å². The second kappa shape index (κ2) is 6.48. The first kappa shape index (κ1) is 14.5. The summed E-state index contributed by atoms with van der Waals surface area (Å²) in [6.45, 7) is 3.93. The van der Waals surface area contributed by atoms with Crippen molar-refractivity contribution in [2.75, 3.05) is 10.6 Å². The molecule has 0 bridgehead atoms. The van der Waals surface area contributed by atoms with Gasteiger partial charge in [-0.05, 0) is 54.9 Å². The van der Waals surface area contributed by atoms with Crippen LogP contribution in [-0.2, 0) is 6.42 Å². The highest BCUT2D eigenvalue weighted by Crippen LogP contribution is 2.18. The molecule has 2 nitrogen and oxygen atoms in total. The predicted molar refractivity (Wildman–Crippen MR) is 86.8 cm³/mol. The van der Waals surface area contributed by atoms with E-state index in [4.69, 9.17) is 12.2 Å². The molecule has 0 spiro atoms. The number of benzene rings is 2. The molecule has 0 aliphatic heterocycles. The van der Waals surface area contributed by atoms with Gasteiger partial charge in [-0.1, -0.05) is 31.2 Å². The van der Waals surface area contributed by atoms with Gasteiger partial charge < -0.3 is 10.6 Å². The third-order valence-electron chi connectivity index (χ3n) is 3.02. The van der Waals surface area contributed by atoms with Gasteiger partial charge in [0.1, 0.15) is 5.82 Å². The van der Waals surface area contributed by atoms with Crippen molar-refractivity contribution < 1.29 is 4.39 Å². The molecule has 0 aliphatic carbocycles. The molecular formula is C16H17FN2S. The molecule has 0 aromatic heterocycles. The summed E-state index contributed by atoms with van der Waals surface area (Å²) >= 11 is 5.23. The zero-order valence-electron chi connectivity index (χ0n) is 11.5. The number of nitrogens with one attached hydrogen (secondary N) is 2. The summed E-state index contributed by atoms with van der Waals surface area (Å²) in [7, 11) is 0. The third-order valence-corrected chi connectivity index (χ3v) is 3.22. The maximum Gasteiger partial charge on any atom is 0.175 e. The van der Waals surface area contributed by atoms with Gasteiger partial charge in [0.25, 0.3) is 0 Å². The first-order chi connectivity index (χ1) is 9.60. The first-order valence-corrected chi connectivity index (χ1v) is 6.93. The summed E-state index contributed by atoms with van der Waals surface area (Å²) in [5.74, 6) is -0.307. The van der Waals surface area contributed by atoms with E-state index in [1.807, 2.05) is 37.3 Å². The molecule has 104 valence electrons. The Morgan fingerprint density at radius 1 is 1.10 bits per heavy atom. The van der Waals surface area contributed by atoms with Gasteiger partial charge in [-0.15, -0.1) is 0 Å². The highest BCUT2D eigenvalue weighted by atomic mass is 32.1. The molecule has 0 saturated heterocycles. The van der Waals surface area contributed by atoms with Crippen LogP contribution in [0, 0.1) is 12.7 Å². The second-order valence-corrected chi connectivity index (χ2v) is 4.98. The van der Waals surface area contributed by atoms with E-state index in [9.17, 15) is 4.39 Å². The van der Waals surface area contributed by atoms with Crippen LogP contribution in [0.25, 0.3) is 0 Å². The molecule has 2 rings (SSSR count). The first-order valence-electron chi connectivity index (χ1n) is 6.52. The van der Waals surface area contributed by atoms with Crippen molar-refractivity contribution in [2.45, 2.75) is 20.3 Å². The van der Waals surface area contributed by atoms with Crippen molar-refractivity contribution in [3.63, 3.8) is 0 Å². The summed E-state index contributed by atoms with van der Waals surface area (Å²) < 4.78 is 13.7. The van der Waals surface area contributed by atoms with Gasteiger partial charge in [0.15, 0.2) is 5.11 Å². The fraction of sp³-hybridized carbons (Fsp3) is 0.188. The minimum Gasteiger partial charge on any atom is -0.332 e. The normalized spacial score (nSPS) is 10.2. The monoisotopic (exact) mass is 288 g/mol. The van der Waals surface area contributed by atoms with E-state index in [1.54, 1.807) is 6.07 Å². The van der Waals surface area contributed by atoms with Gasteiger partial charge in [-0.2, -0.15) is 0 Å². The number of hydrogen-bond donors (Lipinski definition) is 2. The summed E-state index contributed by atoms with van der Waals surface area (Å²) in [6.07, 6.45) is 0.907. The lowest BCUT2D eigenvalue weighted by molar-refractivity contribution is 0.631. The van der Waals surface area contributed by atoms with Crippen LogP contribution in [0.3, 0.4) is 0 Å². The summed E-state index contributed by atoms with van der Waals surface area (Å²) in [4.78, 5) is 0. The van der Waals surface area contributed by atoms with Crippen molar-refractivity contribution in [3.8, 4) is 0 Å². The van der Waals surface area contributed by atoms with Gasteiger partial charge >= 0.3 is 0 Å². The molecule has 0 heterocycles. The minimum atomic E-state index is -0.307. The lowest BCUT2D eigenvalue weighted by atomic mass is 10.1. The topological polar surface area (TPSA) is 24.1 Å². The van der Waals surface area contributed by atoms with Crippen molar-refractivity contribution in [2.24, 2.45) is 0 Å². The SMILES string of the molecule is CCc1ccccc1NC(=S)Nc1ccc(C)cc1F. The average molecular weight is 288 g/mol. The Bertz CT molecular complexity index is 626. The number of halogens is 1. The molecule has 0 amide bonds. The lowest BCUT2D eigenvalue weighted by Crippen LogP contribution is -2.20. The molecule has 4 heteroatoms. The number of thiocarbonyl (C=S) groups is 1. The zero-order valence-corrected chi connectivity index (χ0v) is 12.4. The molecule has 20 heavy (non-hydrogen) atoms. The van der Waals surface area contributed by atoms with E-state index in [2.05, 4.69) is 17.6 Å². The Balaban J connectivity index is 2.09. The third kappa shape index (κ3) is 3.54. The largest absolute Gasteiger partial charge is 0.332 e. The standard InChI is InChI=1S/C16H17FN2S/c1-3-12-6-4-5-7-14(12)18-16(20)19-15-9-8-11(2)10-13(15)17/h4-10H,3H2,1-2H3,(H2,18,19,20). The summed E-state index contributed by atoms with van der Waals surface area (Å²) in [5.41, 5.74) is 3.37. The Hall–Kier alpha value is -1.94. The lowest BCUT2D eigenvalue weighted by Gasteiger charge is -2.14. The average Bonchev–Trinajstić information content (AvgIpc) is 2.42. The van der Waals surface area contributed by atoms with Crippen molar-refractivity contribution in [1.29, 1.82) is 0 Å². The number of hydrogen-bond acceptors (Lipinski definition) is 1. The minimum absolute atomic E-state index is 0.307. The molecule has 2 aromatic rings. The molecule has 0 atom stereocenters. The van der Waals surface area contributed by atoms with Crippen molar-refractivity contribution in [3.05, 3.63) is 59.4 Å². The molecule has 0 fully saturated rings. The second-order valence-electron chi connectivity index (χ2n) is 4.57. The quantitative estimate of drug-likeness (QED) is 0.813. The fourth-order valence-corrected chi connectivity index (χ4v) is 2.17. The number of aryl methyl sites for hydroxylation is 2. The maximum atomic E-state index is 13.7. The van der Waals surface area contributed by atoms with E-state index in [0.717, 1.165) is 17.7 Å². The van der Waals surface area contributed by atoms with E-state index in [1.165, 1.54) is 11.6 Å². The van der Waals surface area contributed by atoms with Gasteiger partial charge in [0.2, 0.25) is 0 Å². The maximum absolute atomic E-state index is 13.7. The van der Waals surface area contributed by atoms with E-state index in [0.29, 0.717) is 10.8 Å². The van der Waals surface area contributed by atoms with Gasteiger partial charge in [-0.3, -0.25) is 0 Å². The highest BCUT2D eigenvalue weighted by molar-refractivity contribution is 7.80. The highest BCUT2D eigenvalue weighted by Gasteiger charge is 2.06. The number of anilines is 2. The molecule has 0 saturated carbocycles. The summed E-state index contributed by atoms with van der Waals surface area (Å²) in [5, 5.41) is 6.37. The summed E-state index contributed by atoms with van der Waals surface area (Å²) in [6, 6.07) is 12.9. The van der Waals surface area contributed by atoms with Crippen LogP contribution in [0.5, 0.6) is 0 Å². The van der Waals surface area contributed by atoms with E-state index in [-0.39, 0.29) is 5.82 Å². The van der Waals surface area contributed by atoms with E-state index >= 15 is 0 Å². The molecule has 2 N–H and O–H groups in total. The predicted octanol–water partition coefficient (Wildman–Crippen LogP) is 4.51. The van der Waals surface area contributed by atoms with Gasteiger partial charge in [0, 0.05) is 5.69 Å². The smallest absolute Gasteiger partial charge is 0.175 e. The van der Waals surface area contributed by atoms with E-state index < -0.39 is 0 Å². The Morgan fingerprint density at radius 3 is 2.50 bits per heavy atom. The zero-order chi connectivity index (χ0) is 14.5. The molecule has 0 aliphatic rings. The van der Waals surface area contributed by atoms with Crippen LogP contribution in [0.2, 0.25) is 0 Å². The van der Waals surface area contributed by atoms with Crippen LogP contribution >= 0.6 is 12.2 Å². The Morgan fingerprint density at radius 2 is 1.80 bits per heavy atom. The fourth-order valence-electron chi connectivity index (χ4n) is 1.95. The van der Waals surface area contributed by atoms with Gasteiger partial charge in [-0.25, -0.2) is 4.39 Å². The molecule has 0 radical (unpaired) electrons. The van der Waals surface area contributed by atoms with Crippen LogP contribution in [0.1, 0.15) is 18.1 Å². The Kier molecular flexibility index (Phi) is 4.69. The Labute approximate surface area is 124 Å².